The minimum Gasteiger partial charge on any atom is -0.492 e. The third-order valence-electron chi connectivity index (χ3n) is 5.79. The number of amides is 1. The van der Waals surface area contributed by atoms with E-state index in [1.54, 1.807) is 11.8 Å². The number of nitrogens with zero attached hydrogens (tertiary/aromatic N) is 3. The van der Waals surface area contributed by atoms with Gasteiger partial charge in [0.05, 0.1) is 17.9 Å². The van der Waals surface area contributed by atoms with Gasteiger partial charge >= 0.3 is 0 Å². The third-order valence-corrected chi connectivity index (χ3v) is 6.92. The number of carbonyl (C=O) groups excluding carboxylic acids is 1. The van der Waals surface area contributed by atoms with E-state index in [2.05, 4.69) is 51.7 Å². The minimum absolute atomic E-state index is 0.208. The van der Waals surface area contributed by atoms with E-state index in [0.29, 0.717) is 6.54 Å². The highest BCUT2D eigenvalue weighted by Gasteiger charge is 2.22. The van der Waals surface area contributed by atoms with Crippen molar-refractivity contribution in [3.63, 3.8) is 0 Å². The number of carbonyl (C=O) groups is 1. The molecular formula is C28H26N4O3S. The molecular weight excluding hydrogens is 472 g/mol. The summed E-state index contributed by atoms with van der Waals surface area (Å²) in [6, 6.07) is 28.9. The van der Waals surface area contributed by atoms with Gasteiger partial charge in [-0.25, -0.2) is 4.68 Å². The Morgan fingerprint density at radius 2 is 1.50 bits per heavy atom. The van der Waals surface area contributed by atoms with Crippen molar-refractivity contribution in [2.24, 2.45) is 0 Å². The summed E-state index contributed by atoms with van der Waals surface area (Å²) in [5.74, 6) is 0.416. The summed E-state index contributed by atoms with van der Waals surface area (Å²) in [4.78, 5) is 29.6. The quantitative estimate of drug-likeness (QED) is 0.336. The van der Waals surface area contributed by atoms with Gasteiger partial charge < -0.3 is 15.0 Å². The summed E-state index contributed by atoms with van der Waals surface area (Å²) < 4.78 is 6.91. The Hall–Kier alpha value is -4.04. The lowest BCUT2D eigenvalue weighted by Crippen LogP contribution is -2.32. The number of aromatic nitrogens is 2. The molecule has 0 radical (unpaired) electrons. The van der Waals surface area contributed by atoms with Crippen LogP contribution in [0.5, 0.6) is 5.75 Å². The molecule has 3 aromatic carbocycles. The molecule has 1 aliphatic rings. The van der Waals surface area contributed by atoms with Crippen molar-refractivity contribution >= 4 is 29.0 Å². The molecule has 1 amide bonds. The van der Waals surface area contributed by atoms with Crippen LogP contribution in [0.15, 0.2) is 106 Å². The first-order chi connectivity index (χ1) is 17.7. The molecule has 0 unspecified atom stereocenters. The van der Waals surface area contributed by atoms with Gasteiger partial charge in [-0.3, -0.25) is 9.59 Å². The number of rotatable bonds is 9. The summed E-state index contributed by atoms with van der Waals surface area (Å²) in [6.45, 7) is 1.78. The number of ether oxygens (including phenoxy) is 1. The topological polar surface area (TPSA) is 76.5 Å². The average Bonchev–Trinajstić information content (AvgIpc) is 2.92. The third kappa shape index (κ3) is 5.44. The average molecular weight is 499 g/mol. The first kappa shape index (κ1) is 23.7. The van der Waals surface area contributed by atoms with Crippen molar-refractivity contribution < 1.29 is 9.53 Å². The highest BCUT2D eigenvalue weighted by molar-refractivity contribution is 7.99. The van der Waals surface area contributed by atoms with E-state index in [1.165, 1.54) is 38.0 Å². The van der Waals surface area contributed by atoms with E-state index >= 15 is 0 Å². The van der Waals surface area contributed by atoms with E-state index < -0.39 is 0 Å². The van der Waals surface area contributed by atoms with Gasteiger partial charge in [-0.1, -0.05) is 54.2 Å². The van der Waals surface area contributed by atoms with Crippen molar-refractivity contribution in [1.29, 1.82) is 0 Å². The van der Waals surface area contributed by atoms with Crippen LogP contribution >= 0.6 is 11.8 Å². The Bertz CT molecular complexity index is 1360. The van der Waals surface area contributed by atoms with Crippen LogP contribution in [0.3, 0.4) is 0 Å². The Morgan fingerprint density at radius 1 is 0.833 bits per heavy atom. The Balaban J connectivity index is 1.17. The van der Waals surface area contributed by atoms with Gasteiger partial charge in [0.2, 0.25) is 0 Å². The number of fused-ring (bicyclic) bond motifs is 2. The Labute approximate surface area is 213 Å². The SMILES string of the molecule is O=C(NCCCN1c2ccccc2Sc2ccccc21)c1ccc(=O)n(CCOc2ccccc2)n1. The number of nitrogens with one attached hydrogen (secondary N) is 1. The van der Waals surface area contributed by atoms with Gasteiger partial charge in [-0.2, -0.15) is 5.10 Å². The monoisotopic (exact) mass is 498 g/mol. The van der Waals surface area contributed by atoms with Gasteiger partial charge in [-0.05, 0) is 48.9 Å². The van der Waals surface area contributed by atoms with Gasteiger partial charge in [0, 0.05) is 28.9 Å². The number of hydrogen-bond donors (Lipinski definition) is 1. The zero-order valence-corrected chi connectivity index (χ0v) is 20.5. The van der Waals surface area contributed by atoms with Crippen LogP contribution in [0.25, 0.3) is 0 Å². The zero-order chi connectivity index (χ0) is 24.7. The smallest absolute Gasteiger partial charge is 0.271 e. The maximum absolute atomic E-state index is 12.7. The molecule has 36 heavy (non-hydrogen) atoms. The fraction of sp³-hybridized carbons (Fsp3) is 0.179. The van der Waals surface area contributed by atoms with Gasteiger partial charge in [0.15, 0.2) is 0 Å². The number of benzene rings is 3. The van der Waals surface area contributed by atoms with Crippen molar-refractivity contribution in [2.75, 3.05) is 24.6 Å². The number of hydrogen-bond acceptors (Lipinski definition) is 6. The Morgan fingerprint density at radius 3 is 2.22 bits per heavy atom. The van der Waals surface area contributed by atoms with Gasteiger partial charge in [0.25, 0.3) is 11.5 Å². The normalized spacial score (nSPS) is 11.9. The van der Waals surface area contributed by atoms with Crippen molar-refractivity contribution in [1.82, 2.24) is 15.1 Å². The molecule has 0 saturated carbocycles. The lowest BCUT2D eigenvalue weighted by molar-refractivity contribution is 0.0945. The predicted octanol–water partition coefficient (Wildman–Crippen LogP) is 4.75. The Kier molecular flexibility index (Phi) is 7.33. The molecule has 2 heterocycles. The fourth-order valence-electron chi connectivity index (χ4n) is 4.05. The highest BCUT2D eigenvalue weighted by atomic mass is 32.2. The predicted molar refractivity (Wildman–Crippen MR) is 141 cm³/mol. The van der Waals surface area contributed by atoms with Crippen LogP contribution in [0, 0.1) is 0 Å². The summed E-state index contributed by atoms with van der Waals surface area (Å²) in [5, 5.41) is 7.17. The molecule has 0 bridgehead atoms. The minimum atomic E-state index is -0.303. The van der Waals surface area contributed by atoms with Crippen LogP contribution in [0.2, 0.25) is 0 Å². The summed E-state index contributed by atoms with van der Waals surface area (Å²) in [6.07, 6.45) is 0.754. The molecule has 0 fully saturated rings. The molecule has 0 saturated heterocycles. The van der Waals surface area contributed by atoms with Crippen LogP contribution < -0.4 is 20.5 Å². The van der Waals surface area contributed by atoms with Crippen molar-refractivity contribution in [3.05, 3.63) is 107 Å². The molecule has 8 heteroatoms. The molecule has 0 spiro atoms. The van der Waals surface area contributed by atoms with Crippen molar-refractivity contribution in [3.8, 4) is 5.75 Å². The molecule has 1 aliphatic heterocycles. The van der Waals surface area contributed by atoms with Gasteiger partial charge in [0.1, 0.15) is 18.1 Å². The molecule has 1 aromatic heterocycles. The van der Waals surface area contributed by atoms with E-state index in [4.69, 9.17) is 4.74 Å². The summed E-state index contributed by atoms with van der Waals surface area (Å²) >= 11 is 1.78. The highest BCUT2D eigenvalue weighted by Crippen LogP contribution is 2.47. The maximum Gasteiger partial charge on any atom is 0.271 e. The summed E-state index contributed by atoms with van der Waals surface area (Å²) in [7, 11) is 0. The maximum atomic E-state index is 12.7. The van der Waals surface area contributed by atoms with Crippen LogP contribution in [-0.4, -0.2) is 35.4 Å². The zero-order valence-electron chi connectivity index (χ0n) is 19.7. The first-order valence-corrected chi connectivity index (χ1v) is 12.7. The number of anilines is 2. The lowest BCUT2D eigenvalue weighted by atomic mass is 10.2. The number of para-hydroxylation sites is 3. The lowest BCUT2D eigenvalue weighted by Gasteiger charge is -2.32. The molecule has 0 atom stereocenters. The van der Waals surface area contributed by atoms with Crippen LogP contribution in [0.4, 0.5) is 11.4 Å². The molecule has 5 rings (SSSR count). The molecule has 1 N–H and O–H groups in total. The second kappa shape index (κ2) is 11.1. The largest absolute Gasteiger partial charge is 0.492 e. The van der Waals surface area contributed by atoms with Gasteiger partial charge in [-0.15, -0.1) is 0 Å². The van der Waals surface area contributed by atoms with E-state index in [-0.39, 0.29) is 30.3 Å². The fourth-order valence-corrected chi connectivity index (χ4v) is 5.14. The van der Waals surface area contributed by atoms with E-state index in [0.717, 1.165) is 18.7 Å². The van der Waals surface area contributed by atoms with Crippen molar-refractivity contribution in [2.45, 2.75) is 22.8 Å². The molecule has 182 valence electrons. The second-order valence-electron chi connectivity index (χ2n) is 8.24. The van der Waals surface area contributed by atoms with E-state index in [1.807, 2.05) is 42.5 Å². The van der Waals surface area contributed by atoms with Crippen LogP contribution in [0.1, 0.15) is 16.9 Å². The van der Waals surface area contributed by atoms with Crippen LogP contribution in [-0.2, 0) is 6.54 Å². The first-order valence-electron chi connectivity index (χ1n) is 11.9. The van der Waals surface area contributed by atoms with E-state index in [9.17, 15) is 9.59 Å². The second-order valence-corrected chi connectivity index (χ2v) is 9.32. The molecule has 0 aliphatic carbocycles. The standard InChI is InChI=1S/C28H26N4O3S/c33-27-16-15-22(30-32(27)19-20-35-21-9-2-1-3-10-21)28(34)29-17-8-18-31-23-11-4-6-13-25(23)36-26-14-7-5-12-24(26)31/h1-7,9-16H,8,17-20H2,(H,29,34). The summed E-state index contributed by atoms with van der Waals surface area (Å²) in [5.41, 5.74) is 2.29. The molecule has 7 nitrogen and oxygen atoms in total. The molecule has 4 aromatic rings.